The molecule has 2 aromatic carbocycles. The highest BCUT2D eigenvalue weighted by molar-refractivity contribution is 7.99. The maximum Gasteiger partial charge on any atom is 0.169 e. The third-order valence-corrected chi connectivity index (χ3v) is 4.31. The molecule has 0 N–H and O–H groups in total. The van der Waals surface area contributed by atoms with Gasteiger partial charge in [-0.05, 0) is 31.2 Å². The molecule has 0 unspecified atom stereocenters. The van der Waals surface area contributed by atoms with E-state index in [4.69, 9.17) is 9.72 Å². The lowest BCUT2D eigenvalue weighted by Crippen LogP contribution is -2.04. The van der Waals surface area contributed by atoms with E-state index in [1.54, 1.807) is 11.8 Å². The number of benzene rings is 2. The third-order valence-electron chi connectivity index (χ3n) is 3.37. The molecule has 0 amide bonds. The van der Waals surface area contributed by atoms with Crippen molar-refractivity contribution in [3.8, 4) is 5.75 Å². The summed E-state index contributed by atoms with van der Waals surface area (Å²) in [5, 5.41) is 1.02. The van der Waals surface area contributed by atoms with Crippen molar-refractivity contribution in [2.75, 3.05) is 12.4 Å². The standard InChI is InChI=1S/C19H20N2OS/c1-15(2)14-21-18-11-7-6-10-17(18)20-19(21)23-13-12-22-16-8-4-3-5-9-16/h3-11H,1,12-14H2,2H3. The van der Waals surface area contributed by atoms with Crippen LogP contribution < -0.4 is 4.74 Å². The molecule has 1 heterocycles. The fourth-order valence-electron chi connectivity index (χ4n) is 2.40. The zero-order chi connectivity index (χ0) is 16.1. The zero-order valence-corrected chi connectivity index (χ0v) is 14.1. The van der Waals surface area contributed by atoms with E-state index in [9.17, 15) is 0 Å². The maximum absolute atomic E-state index is 5.75. The Bertz CT molecular complexity index is 795. The molecule has 3 rings (SSSR count). The van der Waals surface area contributed by atoms with Crippen molar-refractivity contribution in [1.82, 2.24) is 9.55 Å². The molecule has 23 heavy (non-hydrogen) atoms. The van der Waals surface area contributed by atoms with Gasteiger partial charge in [0.05, 0.1) is 17.6 Å². The lowest BCUT2D eigenvalue weighted by molar-refractivity contribution is 0.344. The molecule has 0 fully saturated rings. The van der Waals surface area contributed by atoms with Gasteiger partial charge in [0.1, 0.15) is 5.75 Å². The lowest BCUT2D eigenvalue weighted by Gasteiger charge is -2.09. The quantitative estimate of drug-likeness (QED) is 0.355. The van der Waals surface area contributed by atoms with Crippen LogP contribution in [0.25, 0.3) is 11.0 Å². The van der Waals surface area contributed by atoms with Gasteiger partial charge in [-0.3, -0.25) is 0 Å². The number of fused-ring (bicyclic) bond motifs is 1. The van der Waals surface area contributed by atoms with Crippen LogP contribution in [0.2, 0.25) is 0 Å². The fraction of sp³-hybridized carbons (Fsp3) is 0.211. The van der Waals surface area contributed by atoms with Gasteiger partial charge in [0, 0.05) is 12.3 Å². The topological polar surface area (TPSA) is 27.1 Å². The highest BCUT2D eigenvalue weighted by Crippen LogP contribution is 2.25. The summed E-state index contributed by atoms with van der Waals surface area (Å²) in [5.41, 5.74) is 3.30. The molecule has 0 aliphatic rings. The number of rotatable bonds is 7. The molecule has 3 nitrogen and oxygen atoms in total. The second kappa shape index (κ2) is 7.38. The van der Waals surface area contributed by atoms with Crippen LogP contribution in [-0.4, -0.2) is 21.9 Å². The van der Waals surface area contributed by atoms with Crippen LogP contribution in [0.4, 0.5) is 0 Å². The summed E-state index contributed by atoms with van der Waals surface area (Å²) in [7, 11) is 0. The Hall–Kier alpha value is -2.20. The van der Waals surface area contributed by atoms with Crippen molar-refractivity contribution in [3.63, 3.8) is 0 Å². The average molecular weight is 324 g/mol. The molecule has 4 heteroatoms. The molecule has 0 radical (unpaired) electrons. The molecule has 0 atom stereocenters. The highest BCUT2D eigenvalue weighted by atomic mass is 32.2. The van der Waals surface area contributed by atoms with E-state index >= 15 is 0 Å². The Labute approximate surface area is 141 Å². The van der Waals surface area contributed by atoms with Gasteiger partial charge in [0.25, 0.3) is 0 Å². The minimum absolute atomic E-state index is 0.658. The number of nitrogens with zero attached hydrogens (tertiary/aromatic N) is 2. The molecule has 0 aliphatic heterocycles. The summed E-state index contributed by atoms with van der Waals surface area (Å²) in [6, 6.07) is 18.1. The van der Waals surface area contributed by atoms with Crippen LogP contribution in [0.1, 0.15) is 6.92 Å². The Kier molecular flexibility index (Phi) is 5.03. The van der Waals surface area contributed by atoms with Gasteiger partial charge in [-0.1, -0.05) is 54.2 Å². The average Bonchev–Trinajstić information content (AvgIpc) is 2.90. The van der Waals surface area contributed by atoms with E-state index in [0.29, 0.717) is 6.61 Å². The van der Waals surface area contributed by atoms with Crippen molar-refractivity contribution < 1.29 is 4.74 Å². The fourth-order valence-corrected chi connectivity index (χ4v) is 3.23. The van der Waals surface area contributed by atoms with Gasteiger partial charge < -0.3 is 9.30 Å². The summed E-state index contributed by atoms with van der Waals surface area (Å²) in [6.07, 6.45) is 0. The number of ether oxygens (including phenoxy) is 1. The van der Waals surface area contributed by atoms with E-state index in [-0.39, 0.29) is 0 Å². The highest BCUT2D eigenvalue weighted by Gasteiger charge is 2.10. The Balaban J connectivity index is 1.68. The summed E-state index contributed by atoms with van der Waals surface area (Å²) < 4.78 is 7.97. The first-order valence-corrected chi connectivity index (χ1v) is 8.63. The van der Waals surface area contributed by atoms with E-state index < -0.39 is 0 Å². The number of imidazole rings is 1. The molecular formula is C19H20N2OS. The monoisotopic (exact) mass is 324 g/mol. The molecule has 0 aliphatic carbocycles. The molecule has 0 saturated carbocycles. The molecular weight excluding hydrogens is 304 g/mol. The molecule has 0 saturated heterocycles. The Morgan fingerprint density at radius 3 is 2.65 bits per heavy atom. The molecule has 1 aromatic heterocycles. The van der Waals surface area contributed by atoms with E-state index in [0.717, 1.165) is 39.8 Å². The number of aromatic nitrogens is 2. The predicted octanol–water partition coefficient (Wildman–Crippen LogP) is 4.78. The second-order valence-corrected chi connectivity index (χ2v) is 6.50. The summed E-state index contributed by atoms with van der Waals surface area (Å²) in [6.45, 7) is 7.53. The van der Waals surface area contributed by atoms with Gasteiger partial charge in [-0.15, -0.1) is 0 Å². The number of hydrogen-bond donors (Lipinski definition) is 0. The van der Waals surface area contributed by atoms with E-state index in [1.165, 1.54) is 0 Å². The molecule has 118 valence electrons. The molecule has 3 aromatic rings. The van der Waals surface area contributed by atoms with Crippen LogP contribution in [0.5, 0.6) is 5.75 Å². The second-order valence-electron chi connectivity index (χ2n) is 5.44. The Morgan fingerprint density at radius 1 is 1.13 bits per heavy atom. The Morgan fingerprint density at radius 2 is 1.87 bits per heavy atom. The minimum Gasteiger partial charge on any atom is -0.493 e. The SMILES string of the molecule is C=C(C)Cn1c(SCCOc2ccccc2)nc2ccccc21. The van der Waals surface area contributed by atoms with Crippen LogP contribution in [0, 0.1) is 0 Å². The first-order chi connectivity index (χ1) is 11.2. The van der Waals surface area contributed by atoms with Crippen molar-refractivity contribution in [1.29, 1.82) is 0 Å². The minimum atomic E-state index is 0.658. The van der Waals surface area contributed by atoms with E-state index in [2.05, 4.69) is 23.3 Å². The predicted molar refractivity (Wildman–Crippen MR) is 97.2 cm³/mol. The number of para-hydroxylation sites is 3. The number of hydrogen-bond acceptors (Lipinski definition) is 3. The number of thioether (sulfide) groups is 1. The third kappa shape index (κ3) is 3.96. The number of allylic oxidation sites excluding steroid dienone is 1. The van der Waals surface area contributed by atoms with Crippen LogP contribution in [0.15, 0.2) is 71.9 Å². The van der Waals surface area contributed by atoms with Crippen molar-refractivity contribution in [3.05, 3.63) is 66.7 Å². The van der Waals surface area contributed by atoms with Crippen molar-refractivity contribution >= 4 is 22.8 Å². The maximum atomic E-state index is 5.75. The van der Waals surface area contributed by atoms with Crippen LogP contribution in [-0.2, 0) is 6.54 Å². The van der Waals surface area contributed by atoms with E-state index in [1.807, 2.05) is 49.4 Å². The van der Waals surface area contributed by atoms with Crippen molar-refractivity contribution in [2.45, 2.75) is 18.6 Å². The molecule has 0 bridgehead atoms. The van der Waals surface area contributed by atoms with Crippen molar-refractivity contribution in [2.24, 2.45) is 0 Å². The van der Waals surface area contributed by atoms with Gasteiger partial charge in [0.15, 0.2) is 5.16 Å². The van der Waals surface area contributed by atoms with Gasteiger partial charge >= 0.3 is 0 Å². The summed E-state index contributed by atoms with van der Waals surface area (Å²) in [5.74, 6) is 1.76. The summed E-state index contributed by atoms with van der Waals surface area (Å²) >= 11 is 1.72. The first-order valence-electron chi connectivity index (χ1n) is 7.64. The zero-order valence-electron chi connectivity index (χ0n) is 13.2. The first kappa shape index (κ1) is 15.7. The van der Waals surface area contributed by atoms with Crippen LogP contribution in [0.3, 0.4) is 0 Å². The lowest BCUT2D eigenvalue weighted by atomic mass is 10.3. The van der Waals surface area contributed by atoms with Gasteiger partial charge in [0.2, 0.25) is 0 Å². The van der Waals surface area contributed by atoms with Gasteiger partial charge in [-0.2, -0.15) is 0 Å². The smallest absolute Gasteiger partial charge is 0.169 e. The normalized spacial score (nSPS) is 10.8. The largest absolute Gasteiger partial charge is 0.493 e. The molecule has 0 spiro atoms. The van der Waals surface area contributed by atoms with Crippen LogP contribution >= 0.6 is 11.8 Å². The van der Waals surface area contributed by atoms with Gasteiger partial charge in [-0.25, -0.2) is 4.98 Å². The summed E-state index contributed by atoms with van der Waals surface area (Å²) in [4.78, 5) is 4.74.